The van der Waals surface area contributed by atoms with Gasteiger partial charge in [-0.05, 0) is 75.3 Å². The Hall–Kier alpha value is -1.68. The molecule has 1 aliphatic rings. The largest absolute Gasteiger partial charge is 0.356 e. The van der Waals surface area contributed by atoms with Gasteiger partial charge < -0.3 is 10.6 Å². The van der Waals surface area contributed by atoms with Crippen LogP contribution in [0.25, 0.3) is 10.9 Å². The summed E-state index contributed by atoms with van der Waals surface area (Å²) in [6, 6.07) is 4.41. The number of hydrogen-bond acceptors (Lipinski definition) is 4. The number of nitrogens with zero attached hydrogens (tertiary/aromatic N) is 3. The van der Waals surface area contributed by atoms with Gasteiger partial charge in [0, 0.05) is 18.5 Å². The maximum absolute atomic E-state index is 5.73. The normalized spacial score (nSPS) is 19.4. The van der Waals surface area contributed by atoms with E-state index < -0.39 is 0 Å². The quantitative estimate of drug-likeness (QED) is 0.945. The molecule has 1 aliphatic heterocycles. The molecule has 0 saturated carbocycles. The number of aromatic nitrogens is 2. The van der Waals surface area contributed by atoms with Gasteiger partial charge in [0.05, 0.1) is 5.52 Å². The standard InChI is InChI=1S/C18H26N4/c1-13-10-16-17(11-14(13)2)20-12-21-18(16)22-8-3-4-15(5-7-19)6-9-22/h10-12,15H,3-9,19H2,1-2H3. The van der Waals surface area contributed by atoms with Gasteiger partial charge in [-0.15, -0.1) is 0 Å². The zero-order chi connectivity index (χ0) is 15.5. The Morgan fingerprint density at radius 1 is 1.14 bits per heavy atom. The van der Waals surface area contributed by atoms with Gasteiger partial charge in [0.15, 0.2) is 0 Å². The van der Waals surface area contributed by atoms with Crippen molar-refractivity contribution in [3.63, 3.8) is 0 Å². The molecule has 4 heteroatoms. The van der Waals surface area contributed by atoms with Crippen molar-refractivity contribution in [2.75, 3.05) is 24.5 Å². The van der Waals surface area contributed by atoms with E-state index in [1.165, 1.54) is 35.8 Å². The first-order valence-electron chi connectivity index (χ1n) is 8.36. The van der Waals surface area contributed by atoms with Crippen LogP contribution < -0.4 is 10.6 Å². The molecule has 0 radical (unpaired) electrons. The van der Waals surface area contributed by atoms with E-state index in [-0.39, 0.29) is 0 Å². The van der Waals surface area contributed by atoms with E-state index in [9.17, 15) is 0 Å². The highest BCUT2D eigenvalue weighted by molar-refractivity contribution is 5.90. The SMILES string of the molecule is Cc1cc2ncnc(N3CCCC(CCN)CC3)c2cc1C. The molecule has 0 spiro atoms. The Bertz CT molecular complexity index is 653. The second kappa shape index (κ2) is 6.61. The zero-order valence-corrected chi connectivity index (χ0v) is 13.7. The summed E-state index contributed by atoms with van der Waals surface area (Å²) >= 11 is 0. The number of nitrogens with two attached hydrogens (primary N) is 1. The van der Waals surface area contributed by atoms with E-state index in [1.54, 1.807) is 6.33 Å². The molecule has 1 aromatic heterocycles. The molecule has 2 aromatic rings. The van der Waals surface area contributed by atoms with Crippen molar-refractivity contribution < 1.29 is 0 Å². The Kier molecular flexibility index (Phi) is 4.57. The molecule has 118 valence electrons. The van der Waals surface area contributed by atoms with Crippen molar-refractivity contribution in [2.45, 2.75) is 39.5 Å². The predicted molar refractivity (Wildman–Crippen MR) is 92.2 cm³/mol. The summed E-state index contributed by atoms with van der Waals surface area (Å²) in [6.07, 6.45) is 6.58. The highest BCUT2D eigenvalue weighted by Crippen LogP contribution is 2.29. The fourth-order valence-electron chi connectivity index (χ4n) is 3.46. The van der Waals surface area contributed by atoms with Crippen molar-refractivity contribution in [2.24, 2.45) is 11.7 Å². The van der Waals surface area contributed by atoms with E-state index in [1.807, 2.05) is 0 Å². The van der Waals surface area contributed by atoms with Gasteiger partial charge in [0.1, 0.15) is 12.1 Å². The summed E-state index contributed by atoms with van der Waals surface area (Å²) in [5.41, 5.74) is 9.37. The molecule has 22 heavy (non-hydrogen) atoms. The minimum absolute atomic E-state index is 0.770. The molecule has 0 aliphatic carbocycles. The Labute approximate surface area is 132 Å². The van der Waals surface area contributed by atoms with Crippen LogP contribution in [0.2, 0.25) is 0 Å². The lowest BCUT2D eigenvalue weighted by Crippen LogP contribution is -2.25. The van der Waals surface area contributed by atoms with E-state index in [0.717, 1.165) is 43.3 Å². The van der Waals surface area contributed by atoms with Crippen LogP contribution in [0, 0.1) is 19.8 Å². The van der Waals surface area contributed by atoms with Gasteiger partial charge in [0.25, 0.3) is 0 Å². The number of hydrogen-bond donors (Lipinski definition) is 1. The van der Waals surface area contributed by atoms with Crippen LogP contribution in [0.5, 0.6) is 0 Å². The minimum atomic E-state index is 0.770. The third kappa shape index (κ3) is 3.07. The lowest BCUT2D eigenvalue weighted by atomic mass is 9.97. The van der Waals surface area contributed by atoms with Crippen LogP contribution in [0.15, 0.2) is 18.5 Å². The summed E-state index contributed by atoms with van der Waals surface area (Å²) in [5, 5.41) is 1.18. The predicted octanol–water partition coefficient (Wildman–Crippen LogP) is 3.20. The van der Waals surface area contributed by atoms with Crippen molar-refractivity contribution in [3.05, 3.63) is 29.6 Å². The molecular weight excluding hydrogens is 272 g/mol. The number of aryl methyl sites for hydroxylation is 2. The monoisotopic (exact) mass is 298 g/mol. The van der Waals surface area contributed by atoms with Gasteiger partial charge in [0.2, 0.25) is 0 Å². The van der Waals surface area contributed by atoms with Crippen LogP contribution in [-0.4, -0.2) is 29.6 Å². The van der Waals surface area contributed by atoms with Gasteiger partial charge >= 0.3 is 0 Å². The molecule has 1 aromatic carbocycles. The maximum Gasteiger partial charge on any atom is 0.139 e. The van der Waals surface area contributed by atoms with Crippen LogP contribution in [0.3, 0.4) is 0 Å². The van der Waals surface area contributed by atoms with Gasteiger partial charge in [-0.1, -0.05) is 0 Å². The van der Waals surface area contributed by atoms with E-state index in [0.29, 0.717) is 0 Å². The van der Waals surface area contributed by atoms with Gasteiger partial charge in [-0.2, -0.15) is 0 Å². The summed E-state index contributed by atoms with van der Waals surface area (Å²) < 4.78 is 0. The van der Waals surface area contributed by atoms with E-state index in [2.05, 4.69) is 40.8 Å². The first-order valence-corrected chi connectivity index (χ1v) is 8.36. The first-order chi connectivity index (χ1) is 10.7. The molecule has 1 unspecified atom stereocenters. The van der Waals surface area contributed by atoms with Crippen molar-refractivity contribution in [1.29, 1.82) is 0 Å². The number of rotatable bonds is 3. The average molecular weight is 298 g/mol. The molecule has 0 bridgehead atoms. The summed E-state index contributed by atoms with van der Waals surface area (Å²) in [4.78, 5) is 11.5. The van der Waals surface area contributed by atoms with E-state index in [4.69, 9.17) is 5.73 Å². The topological polar surface area (TPSA) is 55.0 Å². The Morgan fingerprint density at radius 2 is 1.95 bits per heavy atom. The second-order valence-corrected chi connectivity index (χ2v) is 6.51. The fraction of sp³-hybridized carbons (Fsp3) is 0.556. The maximum atomic E-state index is 5.73. The third-order valence-corrected chi connectivity index (χ3v) is 4.95. The molecule has 3 rings (SSSR count). The minimum Gasteiger partial charge on any atom is -0.356 e. The Balaban J connectivity index is 1.91. The highest BCUT2D eigenvalue weighted by atomic mass is 15.2. The molecule has 2 heterocycles. The average Bonchev–Trinajstić information content (AvgIpc) is 2.74. The molecule has 1 fully saturated rings. The van der Waals surface area contributed by atoms with Gasteiger partial charge in [-0.3, -0.25) is 0 Å². The number of fused-ring (bicyclic) bond motifs is 1. The van der Waals surface area contributed by atoms with Crippen molar-refractivity contribution >= 4 is 16.7 Å². The molecule has 2 N–H and O–H groups in total. The molecule has 4 nitrogen and oxygen atoms in total. The first kappa shape index (κ1) is 15.2. The molecule has 0 amide bonds. The van der Waals surface area contributed by atoms with Crippen molar-refractivity contribution in [1.82, 2.24) is 9.97 Å². The zero-order valence-electron chi connectivity index (χ0n) is 13.7. The van der Waals surface area contributed by atoms with Crippen LogP contribution in [0.1, 0.15) is 36.8 Å². The summed E-state index contributed by atoms with van der Waals surface area (Å²) in [6.45, 7) is 7.26. The molecule has 1 saturated heterocycles. The fourth-order valence-corrected chi connectivity index (χ4v) is 3.46. The lowest BCUT2D eigenvalue weighted by molar-refractivity contribution is 0.446. The van der Waals surface area contributed by atoms with Crippen molar-refractivity contribution in [3.8, 4) is 0 Å². The van der Waals surface area contributed by atoms with Crippen LogP contribution >= 0.6 is 0 Å². The lowest BCUT2D eigenvalue weighted by Gasteiger charge is -2.23. The van der Waals surface area contributed by atoms with E-state index >= 15 is 0 Å². The number of anilines is 1. The smallest absolute Gasteiger partial charge is 0.139 e. The third-order valence-electron chi connectivity index (χ3n) is 4.95. The highest BCUT2D eigenvalue weighted by Gasteiger charge is 2.19. The molecule has 1 atom stereocenters. The van der Waals surface area contributed by atoms with Gasteiger partial charge in [-0.25, -0.2) is 9.97 Å². The Morgan fingerprint density at radius 3 is 2.77 bits per heavy atom. The second-order valence-electron chi connectivity index (χ2n) is 6.51. The molecular formula is C18H26N4. The van der Waals surface area contributed by atoms with Crippen LogP contribution in [-0.2, 0) is 0 Å². The number of benzene rings is 1. The van der Waals surface area contributed by atoms with Crippen LogP contribution in [0.4, 0.5) is 5.82 Å². The summed E-state index contributed by atoms with van der Waals surface area (Å²) in [7, 11) is 0. The summed E-state index contributed by atoms with van der Waals surface area (Å²) in [5.74, 6) is 1.87.